The third kappa shape index (κ3) is 4.18. The summed E-state index contributed by atoms with van der Waals surface area (Å²) < 4.78 is 7.24. The number of carboxylic acid groups (broad SMARTS) is 1. The molecule has 0 unspecified atom stereocenters. The second kappa shape index (κ2) is 8.25. The molecule has 0 aliphatic carbocycles. The molecule has 1 aromatic heterocycles. The van der Waals surface area contributed by atoms with Crippen LogP contribution in [0.2, 0.25) is 5.02 Å². The van der Waals surface area contributed by atoms with E-state index in [9.17, 15) is 9.90 Å². The standard InChI is InChI=1S/C19H16Cl2N2O3/c20-8-3-9-26-16-7-1-4-13(10-16)18-12-17(19(24)25)22-23(18)15-6-2-5-14(21)11-15/h1-2,4-7,10-12H,3,8-9H2,(H,24,25). The van der Waals surface area contributed by atoms with Crippen molar-refractivity contribution < 1.29 is 14.6 Å². The van der Waals surface area contributed by atoms with E-state index in [1.54, 1.807) is 22.9 Å². The maximum Gasteiger partial charge on any atom is 0.356 e. The Kier molecular flexibility index (Phi) is 5.81. The quantitative estimate of drug-likeness (QED) is 0.460. The highest BCUT2D eigenvalue weighted by molar-refractivity contribution is 6.30. The lowest BCUT2D eigenvalue weighted by atomic mass is 10.1. The van der Waals surface area contributed by atoms with Crippen molar-refractivity contribution in [2.75, 3.05) is 12.5 Å². The molecule has 5 nitrogen and oxygen atoms in total. The molecule has 3 aromatic rings. The molecule has 0 fully saturated rings. The van der Waals surface area contributed by atoms with Crippen molar-refractivity contribution in [3.05, 3.63) is 65.3 Å². The zero-order chi connectivity index (χ0) is 18.5. The molecule has 0 spiro atoms. The van der Waals surface area contributed by atoms with Gasteiger partial charge < -0.3 is 9.84 Å². The predicted molar refractivity (Wildman–Crippen MR) is 102 cm³/mol. The van der Waals surface area contributed by atoms with Crippen molar-refractivity contribution >= 4 is 29.2 Å². The van der Waals surface area contributed by atoms with Crippen LogP contribution in [0.15, 0.2) is 54.6 Å². The number of aromatic carboxylic acids is 1. The van der Waals surface area contributed by atoms with Crippen molar-refractivity contribution in [1.29, 1.82) is 0 Å². The first-order valence-electron chi connectivity index (χ1n) is 7.97. The molecule has 0 amide bonds. The molecule has 0 saturated heterocycles. The van der Waals surface area contributed by atoms with Crippen LogP contribution in [0.1, 0.15) is 16.9 Å². The number of carbonyl (C=O) groups is 1. The van der Waals surface area contributed by atoms with Crippen molar-refractivity contribution in [3.63, 3.8) is 0 Å². The Hall–Kier alpha value is -2.50. The summed E-state index contributed by atoms with van der Waals surface area (Å²) in [5.41, 5.74) is 2.04. The van der Waals surface area contributed by atoms with Crippen LogP contribution in [0.5, 0.6) is 5.75 Å². The molecule has 134 valence electrons. The van der Waals surface area contributed by atoms with E-state index in [0.717, 1.165) is 12.0 Å². The van der Waals surface area contributed by atoms with Crippen LogP contribution < -0.4 is 4.74 Å². The van der Waals surface area contributed by atoms with E-state index >= 15 is 0 Å². The van der Waals surface area contributed by atoms with Crippen LogP contribution in [-0.2, 0) is 0 Å². The number of halogens is 2. The topological polar surface area (TPSA) is 64.3 Å². The Morgan fingerprint density at radius 2 is 1.96 bits per heavy atom. The minimum Gasteiger partial charge on any atom is -0.494 e. The molecule has 0 aliphatic heterocycles. The van der Waals surface area contributed by atoms with Gasteiger partial charge in [0, 0.05) is 16.5 Å². The summed E-state index contributed by atoms with van der Waals surface area (Å²) in [4.78, 5) is 11.4. The van der Waals surface area contributed by atoms with E-state index in [0.29, 0.717) is 34.6 Å². The van der Waals surface area contributed by atoms with Gasteiger partial charge in [0.25, 0.3) is 0 Å². The number of nitrogens with zero attached hydrogens (tertiary/aromatic N) is 2. The van der Waals surface area contributed by atoms with Crippen LogP contribution >= 0.6 is 23.2 Å². The number of rotatable bonds is 7. The Morgan fingerprint density at radius 3 is 2.69 bits per heavy atom. The normalized spacial score (nSPS) is 10.7. The number of ether oxygens (including phenoxy) is 1. The van der Waals surface area contributed by atoms with Crippen molar-refractivity contribution in [1.82, 2.24) is 9.78 Å². The van der Waals surface area contributed by atoms with Gasteiger partial charge in [-0.25, -0.2) is 9.48 Å². The average molecular weight is 391 g/mol. The van der Waals surface area contributed by atoms with Gasteiger partial charge in [-0.3, -0.25) is 0 Å². The monoisotopic (exact) mass is 390 g/mol. The second-order valence-electron chi connectivity index (χ2n) is 5.53. The highest BCUT2D eigenvalue weighted by Gasteiger charge is 2.16. The van der Waals surface area contributed by atoms with Gasteiger partial charge in [-0.2, -0.15) is 5.10 Å². The fraction of sp³-hybridized carbons (Fsp3) is 0.158. The fourth-order valence-corrected chi connectivity index (χ4v) is 2.78. The Labute approximate surface area is 160 Å². The Bertz CT molecular complexity index is 925. The highest BCUT2D eigenvalue weighted by Crippen LogP contribution is 2.28. The minimum atomic E-state index is -1.10. The fourth-order valence-electron chi connectivity index (χ4n) is 2.49. The summed E-state index contributed by atoms with van der Waals surface area (Å²) in [6.07, 6.45) is 0.745. The molecule has 1 N–H and O–H groups in total. The van der Waals surface area contributed by atoms with E-state index in [1.807, 2.05) is 30.3 Å². The van der Waals surface area contributed by atoms with Crippen LogP contribution in [0.25, 0.3) is 16.9 Å². The first-order chi connectivity index (χ1) is 12.6. The number of aromatic nitrogens is 2. The van der Waals surface area contributed by atoms with Crippen LogP contribution in [0, 0.1) is 0 Å². The highest BCUT2D eigenvalue weighted by atomic mass is 35.5. The first-order valence-corrected chi connectivity index (χ1v) is 8.88. The Morgan fingerprint density at radius 1 is 1.15 bits per heavy atom. The lowest BCUT2D eigenvalue weighted by Crippen LogP contribution is -2.02. The summed E-state index contributed by atoms with van der Waals surface area (Å²) in [5.74, 6) is 0.119. The lowest BCUT2D eigenvalue weighted by molar-refractivity contribution is 0.0690. The van der Waals surface area contributed by atoms with Gasteiger partial charge in [0.15, 0.2) is 5.69 Å². The van der Waals surface area contributed by atoms with Gasteiger partial charge >= 0.3 is 5.97 Å². The predicted octanol–water partition coefficient (Wildman–Crippen LogP) is 4.90. The minimum absolute atomic E-state index is 0.0477. The second-order valence-corrected chi connectivity index (χ2v) is 6.34. The average Bonchev–Trinajstić information content (AvgIpc) is 3.08. The summed E-state index contributed by atoms with van der Waals surface area (Å²) in [7, 11) is 0. The number of hydrogen-bond acceptors (Lipinski definition) is 3. The van der Waals surface area contributed by atoms with Crippen molar-refractivity contribution in [2.45, 2.75) is 6.42 Å². The molecular formula is C19H16Cl2N2O3. The molecule has 2 aromatic carbocycles. The zero-order valence-electron chi connectivity index (χ0n) is 13.7. The van der Waals surface area contributed by atoms with Crippen LogP contribution in [0.3, 0.4) is 0 Å². The zero-order valence-corrected chi connectivity index (χ0v) is 15.2. The Balaban J connectivity index is 2.04. The molecular weight excluding hydrogens is 375 g/mol. The summed E-state index contributed by atoms with van der Waals surface area (Å²) in [6.45, 7) is 0.515. The lowest BCUT2D eigenvalue weighted by Gasteiger charge is -2.10. The maximum absolute atomic E-state index is 11.4. The van der Waals surface area contributed by atoms with E-state index < -0.39 is 5.97 Å². The number of alkyl halides is 1. The molecule has 7 heteroatoms. The number of benzene rings is 2. The molecule has 0 aliphatic rings. The third-order valence-corrected chi connectivity index (χ3v) is 4.16. The van der Waals surface area contributed by atoms with E-state index in [4.69, 9.17) is 27.9 Å². The van der Waals surface area contributed by atoms with E-state index in [2.05, 4.69) is 5.10 Å². The molecule has 0 bridgehead atoms. The molecule has 0 radical (unpaired) electrons. The summed E-state index contributed by atoms with van der Waals surface area (Å²) >= 11 is 11.7. The number of hydrogen-bond donors (Lipinski definition) is 1. The van der Waals surface area contributed by atoms with Gasteiger partial charge in [0.2, 0.25) is 0 Å². The van der Waals surface area contributed by atoms with Crippen LogP contribution in [-0.4, -0.2) is 33.3 Å². The van der Waals surface area contributed by atoms with Gasteiger partial charge in [0.05, 0.1) is 18.0 Å². The third-order valence-electron chi connectivity index (χ3n) is 3.66. The van der Waals surface area contributed by atoms with E-state index in [1.165, 1.54) is 6.07 Å². The van der Waals surface area contributed by atoms with Crippen LogP contribution in [0.4, 0.5) is 0 Å². The van der Waals surface area contributed by atoms with Gasteiger partial charge in [-0.1, -0.05) is 29.8 Å². The molecule has 1 heterocycles. The van der Waals surface area contributed by atoms with Gasteiger partial charge in [-0.05, 0) is 42.8 Å². The van der Waals surface area contributed by atoms with Crippen molar-refractivity contribution in [3.8, 4) is 22.7 Å². The molecule has 26 heavy (non-hydrogen) atoms. The summed E-state index contributed by atoms with van der Waals surface area (Å²) in [6, 6.07) is 16.0. The number of carboxylic acids is 1. The maximum atomic E-state index is 11.4. The molecule has 3 rings (SSSR count). The largest absolute Gasteiger partial charge is 0.494 e. The van der Waals surface area contributed by atoms with E-state index in [-0.39, 0.29) is 5.69 Å². The smallest absolute Gasteiger partial charge is 0.356 e. The van der Waals surface area contributed by atoms with Gasteiger partial charge in [-0.15, -0.1) is 11.6 Å². The SMILES string of the molecule is O=C(O)c1cc(-c2cccc(OCCCCl)c2)n(-c2cccc(Cl)c2)n1. The van der Waals surface area contributed by atoms with Gasteiger partial charge in [0.1, 0.15) is 5.75 Å². The molecule has 0 atom stereocenters. The molecule has 0 saturated carbocycles. The van der Waals surface area contributed by atoms with Crippen molar-refractivity contribution in [2.24, 2.45) is 0 Å². The first kappa shape index (κ1) is 18.3. The summed E-state index contributed by atoms with van der Waals surface area (Å²) in [5, 5.41) is 14.1.